The number of carboxylic acids is 1. The Labute approximate surface area is 161 Å². The Hall–Kier alpha value is -1.89. The number of thiol groups is 1. The highest BCUT2D eigenvalue weighted by molar-refractivity contribution is 7.80. The number of likely N-dealkylation sites (tertiary alicyclic amines) is 1. The van der Waals surface area contributed by atoms with Gasteiger partial charge >= 0.3 is 5.97 Å². The molecule has 0 aromatic rings. The van der Waals surface area contributed by atoms with E-state index in [1.165, 1.54) is 11.8 Å². The summed E-state index contributed by atoms with van der Waals surface area (Å²) in [5, 5.41) is 32.4. The fourth-order valence-electron chi connectivity index (χ4n) is 2.67. The quantitative estimate of drug-likeness (QED) is 0.194. The third-order valence-corrected chi connectivity index (χ3v) is 4.61. The van der Waals surface area contributed by atoms with Gasteiger partial charge in [0.15, 0.2) is 0 Å². The Bertz CT molecular complexity index is 574. The van der Waals surface area contributed by atoms with Crippen molar-refractivity contribution >= 4 is 36.3 Å². The van der Waals surface area contributed by atoms with Crippen LogP contribution >= 0.6 is 12.6 Å². The van der Waals surface area contributed by atoms with Crippen molar-refractivity contribution in [1.82, 2.24) is 15.5 Å². The zero-order valence-electron chi connectivity index (χ0n) is 14.9. The van der Waals surface area contributed by atoms with Gasteiger partial charge in [-0.05, 0) is 19.8 Å². The van der Waals surface area contributed by atoms with Crippen LogP contribution in [-0.2, 0) is 19.2 Å². The molecule has 0 radical (unpaired) electrons. The highest BCUT2D eigenvalue weighted by Crippen LogP contribution is 2.19. The summed E-state index contributed by atoms with van der Waals surface area (Å²) >= 11 is 3.90. The first-order valence-electron chi connectivity index (χ1n) is 8.43. The lowest BCUT2D eigenvalue weighted by Crippen LogP contribution is -2.60. The molecule has 1 saturated heterocycles. The van der Waals surface area contributed by atoms with E-state index in [1.807, 2.05) is 0 Å². The number of hydrogen-bond acceptors (Lipinski definition) is 8. The Kier molecular flexibility index (Phi) is 8.96. The van der Waals surface area contributed by atoms with Gasteiger partial charge in [0.25, 0.3) is 0 Å². The molecule has 0 bridgehead atoms. The van der Waals surface area contributed by atoms with E-state index in [2.05, 4.69) is 23.3 Å². The van der Waals surface area contributed by atoms with Gasteiger partial charge in [-0.25, -0.2) is 4.79 Å². The Morgan fingerprint density at radius 3 is 2.41 bits per heavy atom. The first-order valence-corrected chi connectivity index (χ1v) is 9.06. The number of nitrogens with one attached hydrogen (secondary N) is 2. The number of hydrogen-bond donors (Lipinski definition) is 7. The molecule has 1 fully saturated rings. The standard InChI is InChI=1S/C15H26N4O7S/c1-7(21)11(18-12(22)8(16)6-27)14(24)19-4-2-3-10(19)13(23)17-9(5-20)15(25)26/h7-11,20-21,27H,2-6,16H2,1H3,(H,17,23)(H,18,22)(H,25,26). The van der Waals surface area contributed by atoms with Crippen LogP contribution in [-0.4, -0.2) is 93.1 Å². The molecule has 7 N–H and O–H groups in total. The van der Waals surface area contributed by atoms with Crippen LogP contribution in [0.2, 0.25) is 0 Å². The molecule has 0 spiro atoms. The average Bonchev–Trinajstić information content (AvgIpc) is 3.11. The van der Waals surface area contributed by atoms with Gasteiger partial charge in [-0.2, -0.15) is 12.6 Å². The molecule has 12 heteroatoms. The lowest BCUT2D eigenvalue weighted by Gasteiger charge is -2.30. The fraction of sp³-hybridized carbons (Fsp3) is 0.733. The molecule has 1 aliphatic heterocycles. The third-order valence-electron chi connectivity index (χ3n) is 4.22. The van der Waals surface area contributed by atoms with Crippen molar-refractivity contribution in [2.45, 2.75) is 50.0 Å². The lowest BCUT2D eigenvalue weighted by atomic mass is 10.1. The average molecular weight is 406 g/mol. The second-order valence-corrected chi connectivity index (χ2v) is 6.65. The summed E-state index contributed by atoms with van der Waals surface area (Å²) in [6.07, 6.45) is -0.481. The van der Waals surface area contributed by atoms with E-state index in [0.29, 0.717) is 6.42 Å². The minimum Gasteiger partial charge on any atom is -0.480 e. The normalized spacial score (nSPS) is 21.1. The van der Waals surface area contributed by atoms with Crippen molar-refractivity contribution < 1.29 is 34.5 Å². The van der Waals surface area contributed by atoms with Crippen molar-refractivity contribution in [3.63, 3.8) is 0 Å². The second kappa shape index (κ2) is 10.4. The molecule has 1 rings (SSSR count). The molecule has 1 aliphatic rings. The van der Waals surface area contributed by atoms with E-state index in [-0.39, 0.29) is 18.7 Å². The smallest absolute Gasteiger partial charge is 0.328 e. The van der Waals surface area contributed by atoms with Gasteiger partial charge in [0.1, 0.15) is 18.1 Å². The maximum Gasteiger partial charge on any atom is 0.328 e. The summed E-state index contributed by atoms with van der Waals surface area (Å²) in [6, 6.07) is -4.75. The maximum atomic E-state index is 12.8. The minimum absolute atomic E-state index is 0.0407. The SMILES string of the molecule is CC(O)C(NC(=O)C(N)CS)C(=O)N1CCCC1C(=O)NC(CO)C(=O)O. The first-order chi connectivity index (χ1) is 12.6. The van der Waals surface area contributed by atoms with Crippen LogP contribution in [0, 0.1) is 0 Å². The zero-order valence-corrected chi connectivity index (χ0v) is 15.8. The molecule has 0 aliphatic carbocycles. The van der Waals surface area contributed by atoms with E-state index in [4.69, 9.17) is 15.9 Å². The van der Waals surface area contributed by atoms with Crippen LogP contribution in [0.4, 0.5) is 0 Å². The van der Waals surface area contributed by atoms with E-state index in [1.54, 1.807) is 0 Å². The van der Waals surface area contributed by atoms with Gasteiger partial charge in [-0.15, -0.1) is 0 Å². The molecular weight excluding hydrogens is 380 g/mol. The van der Waals surface area contributed by atoms with Gasteiger partial charge in [0, 0.05) is 12.3 Å². The summed E-state index contributed by atoms with van der Waals surface area (Å²) in [5.74, 6) is -3.45. The summed E-state index contributed by atoms with van der Waals surface area (Å²) < 4.78 is 0. The highest BCUT2D eigenvalue weighted by Gasteiger charge is 2.40. The number of aliphatic carboxylic acids is 1. The Morgan fingerprint density at radius 2 is 1.93 bits per heavy atom. The second-order valence-electron chi connectivity index (χ2n) is 6.29. The van der Waals surface area contributed by atoms with Gasteiger partial charge in [0.05, 0.1) is 18.8 Å². The molecule has 1 heterocycles. The maximum absolute atomic E-state index is 12.8. The molecule has 27 heavy (non-hydrogen) atoms. The van der Waals surface area contributed by atoms with Crippen LogP contribution in [0.15, 0.2) is 0 Å². The largest absolute Gasteiger partial charge is 0.480 e. The fourth-order valence-corrected chi connectivity index (χ4v) is 2.83. The van der Waals surface area contributed by atoms with Gasteiger partial charge in [-0.3, -0.25) is 14.4 Å². The molecule has 0 aromatic carbocycles. The molecule has 5 unspecified atom stereocenters. The molecule has 3 amide bonds. The number of carboxylic acid groups (broad SMARTS) is 1. The summed E-state index contributed by atoms with van der Waals surface area (Å²) in [5.41, 5.74) is 5.55. The summed E-state index contributed by atoms with van der Waals surface area (Å²) in [7, 11) is 0. The van der Waals surface area contributed by atoms with Crippen molar-refractivity contribution in [1.29, 1.82) is 0 Å². The topological polar surface area (TPSA) is 182 Å². The Morgan fingerprint density at radius 1 is 1.30 bits per heavy atom. The van der Waals surface area contributed by atoms with Crippen molar-refractivity contribution in [2.75, 3.05) is 18.9 Å². The van der Waals surface area contributed by atoms with Crippen LogP contribution in [0.3, 0.4) is 0 Å². The van der Waals surface area contributed by atoms with Gasteiger partial charge in [-0.1, -0.05) is 0 Å². The number of nitrogens with zero attached hydrogens (tertiary/aromatic N) is 1. The van der Waals surface area contributed by atoms with Gasteiger partial charge in [0.2, 0.25) is 17.7 Å². The predicted octanol–water partition coefficient (Wildman–Crippen LogP) is -3.34. The molecule has 5 atom stereocenters. The van der Waals surface area contributed by atoms with Crippen molar-refractivity contribution in [2.24, 2.45) is 5.73 Å². The van der Waals surface area contributed by atoms with Crippen molar-refractivity contribution in [3.05, 3.63) is 0 Å². The highest BCUT2D eigenvalue weighted by atomic mass is 32.1. The van der Waals surface area contributed by atoms with Crippen LogP contribution in [0.25, 0.3) is 0 Å². The number of carbonyl (C=O) groups excluding carboxylic acids is 3. The number of nitrogens with two attached hydrogens (primary N) is 1. The van der Waals surface area contributed by atoms with E-state index in [9.17, 15) is 24.3 Å². The van der Waals surface area contributed by atoms with E-state index in [0.717, 1.165) is 0 Å². The molecular formula is C15H26N4O7S. The summed E-state index contributed by atoms with van der Waals surface area (Å²) in [4.78, 5) is 49.2. The number of carbonyl (C=O) groups is 4. The van der Waals surface area contributed by atoms with Crippen LogP contribution in [0.5, 0.6) is 0 Å². The molecule has 154 valence electrons. The van der Waals surface area contributed by atoms with Crippen LogP contribution < -0.4 is 16.4 Å². The molecule has 0 saturated carbocycles. The third kappa shape index (κ3) is 6.06. The summed E-state index contributed by atoms with van der Waals surface area (Å²) in [6.45, 7) is 0.716. The first kappa shape index (κ1) is 23.1. The minimum atomic E-state index is -1.49. The number of aliphatic hydroxyl groups excluding tert-OH is 2. The predicted molar refractivity (Wildman–Crippen MR) is 96.8 cm³/mol. The molecule has 11 nitrogen and oxygen atoms in total. The van der Waals surface area contributed by atoms with Crippen molar-refractivity contribution in [3.8, 4) is 0 Å². The number of rotatable bonds is 9. The van der Waals surface area contributed by atoms with E-state index >= 15 is 0 Å². The van der Waals surface area contributed by atoms with Crippen LogP contribution in [0.1, 0.15) is 19.8 Å². The monoisotopic (exact) mass is 406 g/mol. The lowest BCUT2D eigenvalue weighted by molar-refractivity contribution is -0.146. The Balaban J connectivity index is 2.89. The number of amides is 3. The van der Waals surface area contributed by atoms with E-state index < -0.39 is 60.6 Å². The molecule has 0 aromatic heterocycles. The number of aliphatic hydroxyl groups is 2. The zero-order chi connectivity index (χ0) is 20.7. The van der Waals surface area contributed by atoms with Gasteiger partial charge < -0.3 is 36.6 Å².